The van der Waals surface area contributed by atoms with E-state index in [1.807, 2.05) is 0 Å². The summed E-state index contributed by atoms with van der Waals surface area (Å²) in [6, 6.07) is 0. The molecule has 4 rings (SSSR count). The lowest BCUT2D eigenvalue weighted by Gasteiger charge is -2.41. The lowest BCUT2D eigenvalue weighted by atomic mass is 9.67. The summed E-state index contributed by atoms with van der Waals surface area (Å²) >= 11 is 0. The SMILES string of the molecule is CCCC1CCC(C=CC2OCC(C3CCC(C4CCC(CCC=C(F)F)CC4)CC3)CO2)CC1. The van der Waals surface area contributed by atoms with Crippen LogP contribution in [-0.4, -0.2) is 19.5 Å². The highest BCUT2D eigenvalue weighted by molar-refractivity contribution is 4.94. The van der Waals surface area contributed by atoms with Crippen LogP contribution in [-0.2, 0) is 9.47 Å². The van der Waals surface area contributed by atoms with Gasteiger partial charge in [-0.1, -0.05) is 38.7 Å². The Balaban J connectivity index is 1.09. The molecule has 1 saturated heterocycles. The third-order valence-electron chi connectivity index (χ3n) is 9.99. The van der Waals surface area contributed by atoms with Crippen LogP contribution in [0.4, 0.5) is 8.78 Å². The van der Waals surface area contributed by atoms with E-state index in [1.165, 1.54) is 89.9 Å². The number of allylic oxidation sites excluding steroid dienone is 2. The van der Waals surface area contributed by atoms with Gasteiger partial charge in [-0.3, -0.25) is 0 Å². The fourth-order valence-corrected chi connectivity index (χ4v) is 7.71. The molecule has 4 fully saturated rings. The Morgan fingerprint density at radius 1 is 0.657 bits per heavy atom. The smallest absolute Gasteiger partial charge is 0.266 e. The van der Waals surface area contributed by atoms with Crippen LogP contribution in [0.1, 0.15) is 110 Å². The second-order valence-electron chi connectivity index (χ2n) is 12.3. The standard InChI is InChI=1S/C31H50F2O2/c1-2-4-23-7-9-25(10-8-23)13-20-31-34-21-29(22-35-31)28-18-16-27(17-19-28)26-14-11-24(12-15-26)5-3-6-30(32)33/h6,13,20,23-29,31H,2-5,7-12,14-19,21-22H2,1H3. The van der Waals surface area contributed by atoms with Crippen molar-refractivity contribution >= 4 is 0 Å². The Kier molecular flexibility index (Phi) is 11.1. The van der Waals surface area contributed by atoms with Gasteiger partial charge in [0.25, 0.3) is 6.08 Å². The van der Waals surface area contributed by atoms with Crippen LogP contribution in [0.3, 0.4) is 0 Å². The van der Waals surface area contributed by atoms with Gasteiger partial charge in [0, 0.05) is 5.92 Å². The Hall–Kier alpha value is -0.740. The Morgan fingerprint density at radius 3 is 1.74 bits per heavy atom. The number of rotatable bonds is 9. The van der Waals surface area contributed by atoms with Gasteiger partial charge >= 0.3 is 0 Å². The quantitative estimate of drug-likeness (QED) is 0.299. The zero-order chi connectivity index (χ0) is 24.5. The topological polar surface area (TPSA) is 18.5 Å². The van der Waals surface area contributed by atoms with Crippen LogP contribution in [0.15, 0.2) is 24.3 Å². The van der Waals surface area contributed by atoms with Gasteiger partial charge in [0.05, 0.1) is 13.2 Å². The summed E-state index contributed by atoms with van der Waals surface area (Å²) in [5, 5.41) is 0. The molecule has 4 aliphatic rings. The number of ether oxygens (including phenoxy) is 2. The summed E-state index contributed by atoms with van der Waals surface area (Å²) < 4.78 is 36.8. The molecule has 1 heterocycles. The van der Waals surface area contributed by atoms with Gasteiger partial charge < -0.3 is 9.47 Å². The molecule has 3 aliphatic carbocycles. The molecule has 2 nitrogen and oxygen atoms in total. The maximum Gasteiger partial charge on any atom is 0.266 e. The van der Waals surface area contributed by atoms with E-state index in [4.69, 9.17) is 9.47 Å². The van der Waals surface area contributed by atoms with E-state index >= 15 is 0 Å². The predicted molar refractivity (Wildman–Crippen MR) is 139 cm³/mol. The molecule has 0 radical (unpaired) electrons. The molecular weight excluding hydrogens is 442 g/mol. The van der Waals surface area contributed by atoms with Crippen LogP contribution < -0.4 is 0 Å². The van der Waals surface area contributed by atoms with Crippen molar-refractivity contribution in [3.05, 3.63) is 24.3 Å². The Labute approximate surface area is 213 Å². The summed E-state index contributed by atoms with van der Waals surface area (Å²) in [5.41, 5.74) is 0. The molecule has 1 aliphatic heterocycles. The highest BCUT2D eigenvalue weighted by Crippen LogP contribution is 2.44. The molecule has 0 N–H and O–H groups in total. The second-order valence-corrected chi connectivity index (χ2v) is 12.3. The van der Waals surface area contributed by atoms with Crippen molar-refractivity contribution in [2.75, 3.05) is 13.2 Å². The van der Waals surface area contributed by atoms with E-state index in [9.17, 15) is 8.78 Å². The van der Waals surface area contributed by atoms with E-state index in [0.29, 0.717) is 24.2 Å². The maximum atomic E-state index is 12.3. The average Bonchev–Trinajstić information content (AvgIpc) is 2.89. The first-order chi connectivity index (χ1) is 17.1. The van der Waals surface area contributed by atoms with Crippen LogP contribution in [0, 0.1) is 41.4 Å². The normalized spacial score (nSPS) is 38.9. The van der Waals surface area contributed by atoms with Gasteiger partial charge in [0.2, 0.25) is 0 Å². The third-order valence-corrected chi connectivity index (χ3v) is 9.99. The summed E-state index contributed by atoms with van der Waals surface area (Å²) in [7, 11) is 0. The van der Waals surface area contributed by atoms with Crippen LogP contribution in [0.2, 0.25) is 0 Å². The van der Waals surface area contributed by atoms with Gasteiger partial charge in [0.1, 0.15) is 0 Å². The minimum atomic E-state index is -1.52. The van der Waals surface area contributed by atoms with Gasteiger partial charge in [0.15, 0.2) is 6.29 Å². The monoisotopic (exact) mass is 492 g/mol. The van der Waals surface area contributed by atoms with Gasteiger partial charge in [-0.15, -0.1) is 0 Å². The molecular formula is C31H50F2O2. The molecule has 0 spiro atoms. The number of halogens is 2. The first-order valence-electron chi connectivity index (χ1n) is 15.0. The lowest BCUT2D eigenvalue weighted by Crippen LogP contribution is -2.37. The van der Waals surface area contributed by atoms with Crippen molar-refractivity contribution in [3.8, 4) is 0 Å². The van der Waals surface area contributed by atoms with Gasteiger partial charge in [-0.2, -0.15) is 8.78 Å². The van der Waals surface area contributed by atoms with Crippen molar-refractivity contribution in [1.82, 2.24) is 0 Å². The van der Waals surface area contributed by atoms with Crippen LogP contribution >= 0.6 is 0 Å². The average molecular weight is 493 g/mol. The van der Waals surface area contributed by atoms with Crippen LogP contribution in [0.25, 0.3) is 0 Å². The predicted octanol–water partition coefficient (Wildman–Crippen LogP) is 9.31. The third kappa shape index (κ3) is 8.66. The molecule has 0 amide bonds. The molecule has 200 valence electrons. The second kappa shape index (κ2) is 14.3. The molecule has 0 aromatic heterocycles. The molecule has 3 saturated carbocycles. The number of hydrogen-bond donors (Lipinski definition) is 0. The number of hydrogen-bond acceptors (Lipinski definition) is 2. The summed E-state index contributed by atoms with van der Waals surface area (Å²) in [6.07, 6.45) is 24.1. The fraction of sp³-hybridized carbons (Fsp3) is 0.871. The van der Waals surface area contributed by atoms with Crippen molar-refractivity contribution < 1.29 is 18.3 Å². The summed E-state index contributed by atoms with van der Waals surface area (Å²) in [4.78, 5) is 0. The van der Waals surface area contributed by atoms with E-state index in [1.54, 1.807) is 0 Å². The van der Waals surface area contributed by atoms with Crippen LogP contribution in [0.5, 0.6) is 0 Å². The first kappa shape index (κ1) is 27.3. The minimum absolute atomic E-state index is 0.136. The summed E-state index contributed by atoms with van der Waals surface area (Å²) in [6.45, 7) is 4.01. The van der Waals surface area contributed by atoms with E-state index in [0.717, 1.165) is 49.4 Å². The van der Waals surface area contributed by atoms with Gasteiger partial charge in [-0.25, -0.2) is 0 Å². The Bertz CT molecular complexity index is 641. The fourth-order valence-electron chi connectivity index (χ4n) is 7.71. The molecule has 0 atom stereocenters. The van der Waals surface area contributed by atoms with E-state index in [-0.39, 0.29) is 6.29 Å². The molecule has 0 aromatic rings. The summed E-state index contributed by atoms with van der Waals surface area (Å²) in [5.74, 6) is 5.39. The largest absolute Gasteiger partial charge is 0.349 e. The first-order valence-corrected chi connectivity index (χ1v) is 15.0. The maximum absolute atomic E-state index is 12.3. The van der Waals surface area contributed by atoms with Crippen molar-refractivity contribution in [2.24, 2.45) is 41.4 Å². The zero-order valence-electron chi connectivity index (χ0n) is 22.2. The highest BCUT2D eigenvalue weighted by Gasteiger charge is 2.35. The van der Waals surface area contributed by atoms with Gasteiger partial charge in [-0.05, 0) is 125 Å². The Morgan fingerprint density at radius 2 is 1.17 bits per heavy atom. The molecule has 0 unspecified atom stereocenters. The zero-order valence-corrected chi connectivity index (χ0v) is 22.2. The highest BCUT2D eigenvalue weighted by atomic mass is 19.3. The molecule has 4 heteroatoms. The van der Waals surface area contributed by atoms with Crippen molar-refractivity contribution in [2.45, 2.75) is 116 Å². The molecule has 0 bridgehead atoms. The minimum Gasteiger partial charge on any atom is -0.349 e. The van der Waals surface area contributed by atoms with E-state index < -0.39 is 6.08 Å². The molecule has 0 aromatic carbocycles. The van der Waals surface area contributed by atoms with Crippen molar-refractivity contribution in [3.63, 3.8) is 0 Å². The van der Waals surface area contributed by atoms with Crippen molar-refractivity contribution in [1.29, 1.82) is 0 Å². The van der Waals surface area contributed by atoms with E-state index in [2.05, 4.69) is 19.1 Å². The lowest BCUT2D eigenvalue weighted by molar-refractivity contribution is -0.186. The molecule has 35 heavy (non-hydrogen) atoms.